The third kappa shape index (κ3) is 5.67. The average Bonchev–Trinajstić information content (AvgIpc) is 2.83. The number of carbonyl (C=O) groups is 1. The van der Waals surface area contributed by atoms with Gasteiger partial charge in [-0.25, -0.2) is 0 Å². The molecule has 3 rings (SSSR count). The zero-order chi connectivity index (χ0) is 22.9. The summed E-state index contributed by atoms with van der Waals surface area (Å²) in [6, 6.07) is 21.8. The minimum Gasteiger partial charge on any atom is -0.497 e. The van der Waals surface area contributed by atoms with Crippen LogP contribution in [0.25, 0.3) is 11.6 Å². The molecule has 0 heterocycles. The first-order valence-electron chi connectivity index (χ1n) is 9.84. The average molecular weight is 429 g/mol. The molecule has 0 aliphatic heterocycles. The fraction of sp³-hybridized carbons (Fsp3) is 0.154. The summed E-state index contributed by atoms with van der Waals surface area (Å²) in [4.78, 5) is 12.4. The van der Waals surface area contributed by atoms with Crippen molar-refractivity contribution in [2.24, 2.45) is 0 Å². The van der Waals surface area contributed by atoms with Crippen LogP contribution in [0, 0.1) is 11.3 Å². The van der Waals surface area contributed by atoms with Gasteiger partial charge in [0.1, 0.15) is 11.5 Å². The number of nitrogens with zero attached hydrogens (tertiary/aromatic N) is 1. The second kappa shape index (κ2) is 10.7. The number of carbonyl (C=O) groups excluding carboxylic acids is 1. The van der Waals surface area contributed by atoms with E-state index in [1.54, 1.807) is 62.8 Å². The topological polar surface area (TPSA) is 77.8 Å². The molecule has 0 radical (unpaired) electrons. The highest BCUT2D eigenvalue weighted by Gasteiger charge is 2.12. The third-order valence-electron chi connectivity index (χ3n) is 4.75. The SMILES string of the molecule is COc1ccc(CC(=O)Oc2ccc(/C=C(/C#N)c3ccc(OC)cc3)cc2OC)cc1. The Bertz CT molecular complexity index is 1140. The first-order chi connectivity index (χ1) is 15.6. The molecule has 0 N–H and O–H groups in total. The van der Waals surface area contributed by atoms with Gasteiger partial charge < -0.3 is 18.9 Å². The van der Waals surface area contributed by atoms with Crippen molar-refractivity contribution < 1.29 is 23.7 Å². The number of allylic oxidation sites excluding steroid dienone is 1. The van der Waals surface area contributed by atoms with E-state index in [0.29, 0.717) is 22.8 Å². The maximum absolute atomic E-state index is 12.4. The molecule has 0 spiro atoms. The van der Waals surface area contributed by atoms with E-state index in [1.165, 1.54) is 7.11 Å². The monoisotopic (exact) mass is 429 g/mol. The van der Waals surface area contributed by atoms with Crippen LogP contribution in [0.1, 0.15) is 16.7 Å². The number of hydrogen-bond acceptors (Lipinski definition) is 6. The van der Waals surface area contributed by atoms with Gasteiger partial charge in [-0.3, -0.25) is 4.79 Å². The summed E-state index contributed by atoms with van der Waals surface area (Å²) in [7, 11) is 4.68. The van der Waals surface area contributed by atoms with Crippen LogP contribution in [0.5, 0.6) is 23.0 Å². The van der Waals surface area contributed by atoms with Crippen LogP contribution in [0.15, 0.2) is 66.7 Å². The number of nitriles is 1. The summed E-state index contributed by atoms with van der Waals surface area (Å²) in [6.45, 7) is 0. The minimum atomic E-state index is -0.410. The first kappa shape index (κ1) is 22.4. The van der Waals surface area contributed by atoms with Crippen molar-refractivity contribution in [2.75, 3.05) is 21.3 Å². The van der Waals surface area contributed by atoms with E-state index in [-0.39, 0.29) is 6.42 Å². The summed E-state index contributed by atoms with van der Waals surface area (Å²) < 4.78 is 21.2. The molecule has 0 saturated carbocycles. The second-order valence-corrected chi connectivity index (χ2v) is 6.81. The summed E-state index contributed by atoms with van der Waals surface area (Å²) in [5, 5.41) is 9.58. The molecule has 0 amide bonds. The zero-order valence-electron chi connectivity index (χ0n) is 18.1. The van der Waals surface area contributed by atoms with E-state index in [1.807, 2.05) is 24.3 Å². The molecule has 0 saturated heterocycles. The number of ether oxygens (including phenoxy) is 4. The van der Waals surface area contributed by atoms with Crippen LogP contribution in [0.2, 0.25) is 0 Å². The maximum atomic E-state index is 12.4. The highest BCUT2D eigenvalue weighted by Crippen LogP contribution is 2.30. The van der Waals surface area contributed by atoms with Crippen molar-refractivity contribution in [1.29, 1.82) is 5.26 Å². The Labute approximate surface area is 187 Å². The molecule has 0 atom stereocenters. The van der Waals surface area contributed by atoms with Crippen LogP contribution in [-0.2, 0) is 11.2 Å². The lowest BCUT2D eigenvalue weighted by molar-refractivity contribution is -0.133. The smallest absolute Gasteiger partial charge is 0.315 e. The van der Waals surface area contributed by atoms with Gasteiger partial charge in [-0.2, -0.15) is 5.26 Å². The molecule has 0 unspecified atom stereocenters. The Hall–Kier alpha value is -4.24. The fourth-order valence-corrected chi connectivity index (χ4v) is 3.04. The number of hydrogen-bond donors (Lipinski definition) is 0. The Morgan fingerprint density at radius 3 is 2.03 bits per heavy atom. The lowest BCUT2D eigenvalue weighted by Crippen LogP contribution is -2.12. The van der Waals surface area contributed by atoms with Gasteiger partial charge in [0, 0.05) is 0 Å². The summed E-state index contributed by atoms with van der Waals surface area (Å²) in [5.41, 5.74) is 2.80. The van der Waals surface area contributed by atoms with E-state index in [9.17, 15) is 10.1 Å². The molecule has 162 valence electrons. The third-order valence-corrected chi connectivity index (χ3v) is 4.75. The normalized spacial score (nSPS) is 10.8. The second-order valence-electron chi connectivity index (χ2n) is 6.81. The predicted octanol–water partition coefficient (Wildman–Crippen LogP) is 4.92. The van der Waals surface area contributed by atoms with Crippen LogP contribution in [0.4, 0.5) is 0 Å². The Morgan fingerprint density at radius 1 is 0.844 bits per heavy atom. The minimum absolute atomic E-state index is 0.116. The van der Waals surface area contributed by atoms with Crippen molar-refractivity contribution in [3.05, 3.63) is 83.4 Å². The summed E-state index contributed by atoms with van der Waals surface area (Å²) in [6.07, 6.45) is 1.86. The Balaban J connectivity index is 1.76. The quantitative estimate of drug-likeness (QED) is 0.219. The number of benzene rings is 3. The van der Waals surface area contributed by atoms with Gasteiger partial charge in [-0.15, -0.1) is 0 Å². The zero-order valence-corrected chi connectivity index (χ0v) is 18.1. The molecule has 3 aromatic carbocycles. The first-order valence-corrected chi connectivity index (χ1v) is 9.84. The number of esters is 1. The molecule has 0 fully saturated rings. The van der Waals surface area contributed by atoms with Crippen molar-refractivity contribution >= 4 is 17.6 Å². The maximum Gasteiger partial charge on any atom is 0.315 e. The summed E-state index contributed by atoms with van der Waals surface area (Å²) in [5.74, 6) is 1.74. The van der Waals surface area contributed by atoms with Crippen LogP contribution < -0.4 is 18.9 Å². The molecule has 3 aromatic rings. The Morgan fingerprint density at radius 2 is 1.47 bits per heavy atom. The van der Waals surface area contributed by atoms with E-state index in [4.69, 9.17) is 18.9 Å². The molecule has 6 nitrogen and oxygen atoms in total. The van der Waals surface area contributed by atoms with E-state index in [2.05, 4.69) is 6.07 Å². The van der Waals surface area contributed by atoms with Gasteiger partial charge in [0.2, 0.25) is 0 Å². The van der Waals surface area contributed by atoms with E-state index >= 15 is 0 Å². The highest BCUT2D eigenvalue weighted by atomic mass is 16.6. The highest BCUT2D eigenvalue weighted by molar-refractivity contribution is 5.90. The fourth-order valence-electron chi connectivity index (χ4n) is 3.04. The molecule has 0 bridgehead atoms. The van der Waals surface area contributed by atoms with E-state index in [0.717, 1.165) is 22.4 Å². The van der Waals surface area contributed by atoms with Gasteiger partial charge in [-0.1, -0.05) is 18.2 Å². The van der Waals surface area contributed by atoms with Gasteiger partial charge in [0.15, 0.2) is 11.5 Å². The molecular formula is C26H23NO5. The van der Waals surface area contributed by atoms with Gasteiger partial charge in [0.05, 0.1) is 39.4 Å². The van der Waals surface area contributed by atoms with Crippen LogP contribution in [0.3, 0.4) is 0 Å². The van der Waals surface area contributed by atoms with Gasteiger partial charge in [-0.05, 0) is 71.3 Å². The van der Waals surface area contributed by atoms with Crippen LogP contribution in [-0.4, -0.2) is 27.3 Å². The predicted molar refractivity (Wildman–Crippen MR) is 122 cm³/mol. The van der Waals surface area contributed by atoms with E-state index < -0.39 is 5.97 Å². The van der Waals surface area contributed by atoms with Crippen molar-refractivity contribution in [1.82, 2.24) is 0 Å². The van der Waals surface area contributed by atoms with Crippen LogP contribution >= 0.6 is 0 Å². The lowest BCUT2D eigenvalue weighted by Gasteiger charge is -2.11. The molecule has 0 aromatic heterocycles. The summed E-state index contributed by atoms with van der Waals surface area (Å²) >= 11 is 0. The molecule has 0 aliphatic carbocycles. The van der Waals surface area contributed by atoms with Crippen molar-refractivity contribution in [2.45, 2.75) is 6.42 Å². The number of rotatable bonds is 8. The molecule has 32 heavy (non-hydrogen) atoms. The standard InChI is InChI=1S/C26H23NO5/c1-29-22-9-4-18(5-10-22)16-26(28)32-24-13-6-19(15-25(24)31-3)14-21(17-27)20-7-11-23(30-2)12-8-20/h4-15H,16H2,1-3H3/b21-14-. The van der Waals surface area contributed by atoms with Gasteiger partial charge >= 0.3 is 5.97 Å². The van der Waals surface area contributed by atoms with Gasteiger partial charge in [0.25, 0.3) is 0 Å². The lowest BCUT2D eigenvalue weighted by atomic mass is 10.0. The Kier molecular flexibility index (Phi) is 7.50. The molecular weight excluding hydrogens is 406 g/mol. The number of methoxy groups -OCH3 is 3. The van der Waals surface area contributed by atoms with Crippen molar-refractivity contribution in [3.8, 4) is 29.1 Å². The van der Waals surface area contributed by atoms with Crippen molar-refractivity contribution in [3.63, 3.8) is 0 Å². The largest absolute Gasteiger partial charge is 0.497 e. The molecule has 6 heteroatoms. The molecule has 0 aliphatic rings.